The third-order valence-electron chi connectivity index (χ3n) is 4.56. The van der Waals surface area contributed by atoms with Gasteiger partial charge in [0.1, 0.15) is 0 Å². The molecular formula is C14H25N5. The van der Waals surface area contributed by atoms with E-state index in [1.54, 1.807) is 4.80 Å². The molecule has 0 saturated heterocycles. The maximum Gasteiger partial charge on any atom is 0.175 e. The van der Waals surface area contributed by atoms with Crippen LogP contribution in [0.15, 0.2) is 0 Å². The van der Waals surface area contributed by atoms with E-state index in [0.717, 1.165) is 30.1 Å². The summed E-state index contributed by atoms with van der Waals surface area (Å²) in [6.07, 6.45) is 10.6. The van der Waals surface area contributed by atoms with Crippen molar-refractivity contribution in [3.05, 3.63) is 5.82 Å². The SMILES string of the molecule is Cn1nnc(CC2CCCCCC2CNC2CC2)n1. The van der Waals surface area contributed by atoms with E-state index >= 15 is 0 Å². The summed E-state index contributed by atoms with van der Waals surface area (Å²) in [4.78, 5) is 1.57. The first-order valence-corrected chi connectivity index (χ1v) is 7.77. The van der Waals surface area contributed by atoms with Crippen LogP contribution in [-0.2, 0) is 13.5 Å². The lowest BCUT2D eigenvalue weighted by Crippen LogP contribution is -2.30. The molecule has 2 aliphatic rings. The lowest BCUT2D eigenvalue weighted by atomic mass is 9.85. The summed E-state index contributed by atoms with van der Waals surface area (Å²) in [5.74, 6) is 2.45. The Morgan fingerprint density at radius 3 is 2.58 bits per heavy atom. The maximum atomic E-state index is 4.35. The summed E-state index contributed by atoms with van der Waals surface area (Å²) < 4.78 is 0. The van der Waals surface area contributed by atoms with Crippen LogP contribution in [0, 0.1) is 11.8 Å². The monoisotopic (exact) mass is 263 g/mol. The molecule has 1 aromatic rings. The molecule has 19 heavy (non-hydrogen) atoms. The van der Waals surface area contributed by atoms with Crippen molar-refractivity contribution in [1.82, 2.24) is 25.5 Å². The van der Waals surface area contributed by atoms with E-state index in [4.69, 9.17) is 0 Å². The van der Waals surface area contributed by atoms with Crippen LogP contribution >= 0.6 is 0 Å². The summed E-state index contributed by atoms with van der Waals surface area (Å²) in [5.41, 5.74) is 0. The molecule has 2 fully saturated rings. The predicted octanol–water partition coefficient (Wildman–Crippen LogP) is 1.70. The Morgan fingerprint density at radius 1 is 1.11 bits per heavy atom. The van der Waals surface area contributed by atoms with Crippen LogP contribution in [0.5, 0.6) is 0 Å². The average molecular weight is 263 g/mol. The highest BCUT2D eigenvalue weighted by molar-refractivity contribution is 4.88. The van der Waals surface area contributed by atoms with Crippen molar-refractivity contribution < 1.29 is 0 Å². The molecule has 0 amide bonds. The number of nitrogens with one attached hydrogen (secondary N) is 1. The highest BCUT2D eigenvalue weighted by atomic mass is 15.6. The van der Waals surface area contributed by atoms with Gasteiger partial charge in [-0.15, -0.1) is 10.2 Å². The van der Waals surface area contributed by atoms with Crippen LogP contribution in [-0.4, -0.2) is 32.8 Å². The topological polar surface area (TPSA) is 55.6 Å². The molecule has 1 heterocycles. The van der Waals surface area contributed by atoms with E-state index in [9.17, 15) is 0 Å². The van der Waals surface area contributed by atoms with Crippen LogP contribution in [0.4, 0.5) is 0 Å². The Morgan fingerprint density at radius 2 is 1.89 bits per heavy atom. The van der Waals surface area contributed by atoms with Crippen molar-refractivity contribution in [1.29, 1.82) is 0 Å². The van der Waals surface area contributed by atoms with Gasteiger partial charge in [-0.3, -0.25) is 0 Å². The Kier molecular flexibility index (Phi) is 4.11. The van der Waals surface area contributed by atoms with Crippen LogP contribution in [0.3, 0.4) is 0 Å². The zero-order valence-electron chi connectivity index (χ0n) is 11.9. The lowest BCUT2D eigenvalue weighted by molar-refractivity contribution is 0.293. The highest BCUT2D eigenvalue weighted by Gasteiger charge is 2.28. The molecule has 5 heteroatoms. The molecule has 0 aromatic carbocycles. The zero-order chi connectivity index (χ0) is 13.1. The van der Waals surface area contributed by atoms with Gasteiger partial charge in [-0.2, -0.15) is 4.80 Å². The quantitative estimate of drug-likeness (QED) is 0.822. The van der Waals surface area contributed by atoms with Gasteiger partial charge in [-0.25, -0.2) is 0 Å². The normalized spacial score (nSPS) is 28.3. The minimum Gasteiger partial charge on any atom is -0.314 e. The van der Waals surface area contributed by atoms with Crippen molar-refractivity contribution in [2.75, 3.05) is 6.54 Å². The van der Waals surface area contributed by atoms with Crippen molar-refractivity contribution in [3.63, 3.8) is 0 Å². The van der Waals surface area contributed by atoms with Crippen LogP contribution in [0.2, 0.25) is 0 Å². The molecule has 0 spiro atoms. The Hall–Kier alpha value is -0.970. The van der Waals surface area contributed by atoms with E-state index in [-0.39, 0.29) is 0 Å². The molecule has 2 unspecified atom stereocenters. The van der Waals surface area contributed by atoms with Gasteiger partial charge in [0.15, 0.2) is 5.82 Å². The molecule has 0 bridgehead atoms. The molecule has 2 atom stereocenters. The lowest BCUT2D eigenvalue weighted by Gasteiger charge is -2.24. The molecule has 1 N–H and O–H groups in total. The largest absolute Gasteiger partial charge is 0.314 e. The van der Waals surface area contributed by atoms with E-state index in [1.807, 2.05) is 7.05 Å². The molecule has 0 aliphatic heterocycles. The molecular weight excluding hydrogens is 238 g/mol. The van der Waals surface area contributed by atoms with Crippen LogP contribution in [0.25, 0.3) is 0 Å². The van der Waals surface area contributed by atoms with Gasteiger partial charge in [0.05, 0.1) is 7.05 Å². The van der Waals surface area contributed by atoms with Gasteiger partial charge in [0.2, 0.25) is 0 Å². The smallest absolute Gasteiger partial charge is 0.175 e. The van der Waals surface area contributed by atoms with Gasteiger partial charge in [-0.05, 0) is 49.3 Å². The Labute approximate surface area is 115 Å². The van der Waals surface area contributed by atoms with Gasteiger partial charge in [0.25, 0.3) is 0 Å². The molecule has 1 aromatic heterocycles. The number of tetrazole rings is 1. The molecule has 106 valence electrons. The fourth-order valence-corrected chi connectivity index (χ4v) is 3.24. The molecule has 2 aliphatic carbocycles. The Balaban J connectivity index is 1.59. The first-order valence-electron chi connectivity index (χ1n) is 7.77. The summed E-state index contributed by atoms with van der Waals surface area (Å²) in [7, 11) is 1.84. The van der Waals surface area contributed by atoms with Crippen molar-refractivity contribution in [3.8, 4) is 0 Å². The molecule has 0 radical (unpaired) electrons. The second-order valence-corrected chi connectivity index (χ2v) is 6.24. The molecule has 2 saturated carbocycles. The third kappa shape index (κ3) is 3.75. The highest BCUT2D eigenvalue weighted by Crippen LogP contribution is 2.31. The third-order valence-corrected chi connectivity index (χ3v) is 4.56. The number of aromatic nitrogens is 4. The second-order valence-electron chi connectivity index (χ2n) is 6.24. The van der Waals surface area contributed by atoms with Gasteiger partial charge in [0, 0.05) is 12.5 Å². The van der Waals surface area contributed by atoms with Crippen molar-refractivity contribution >= 4 is 0 Å². The average Bonchev–Trinajstić information content (AvgIpc) is 3.16. The first kappa shape index (κ1) is 13.0. The minimum absolute atomic E-state index is 0.734. The van der Waals surface area contributed by atoms with Crippen LogP contribution < -0.4 is 5.32 Å². The summed E-state index contributed by atoms with van der Waals surface area (Å²) in [6, 6.07) is 0.818. The zero-order valence-corrected chi connectivity index (χ0v) is 11.9. The summed E-state index contributed by atoms with van der Waals surface area (Å²) in [5, 5.41) is 16.2. The number of hydrogen-bond acceptors (Lipinski definition) is 4. The Bertz CT molecular complexity index is 398. The second kappa shape index (κ2) is 5.99. The van der Waals surface area contributed by atoms with E-state index in [2.05, 4.69) is 20.7 Å². The number of hydrogen-bond donors (Lipinski definition) is 1. The fraction of sp³-hybridized carbons (Fsp3) is 0.929. The van der Waals surface area contributed by atoms with Crippen LogP contribution in [0.1, 0.15) is 50.8 Å². The van der Waals surface area contributed by atoms with Crippen molar-refractivity contribution in [2.45, 2.75) is 57.4 Å². The summed E-state index contributed by atoms with van der Waals surface area (Å²) in [6.45, 7) is 1.19. The molecule has 3 rings (SSSR count). The van der Waals surface area contributed by atoms with E-state index in [1.165, 1.54) is 51.5 Å². The van der Waals surface area contributed by atoms with Crippen molar-refractivity contribution in [2.24, 2.45) is 18.9 Å². The van der Waals surface area contributed by atoms with E-state index < -0.39 is 0 Å². The van der Waals surface area contributed by atoms with Gasteiger partial charge >= 0.3 is 0 Å². The van der Waals surface area contributed by atoms with Gasteiger partial charge < -0.3 is 5.32 Å². The fourth-order valence-electron chi connectivity index (χ4n) is 3.24. The predicted molar refractivity (Wildman–Crippen MR) is 73.6 cm³/mol. The number of nitrogens with zero attached hydrogens (tertiary/aromatic N) is 4. The molecule has 5 nitrogen and oxygen atoms in total. The van der Waals surface area contributed by atoms with Gasteiger partial charge in [-0.1, -0.05) is 19.3 Å². The minimum atomic E-state index is 0.734. The number of rotatable bonds is 5. The summed E-state index contributed by atoms with van der Waals surface area (Å²) >= 11 is 0. The standard InChI is InChI=1S/C14H25N5/c1-19-17-14(16-18-19)9-11-5-3-2-4-6-12(11)10-15-13-7-8-13/h11-13,15H,2-10H2,1H3. The number of aryl methyl sites for hydroxylation is 1. The first-order chi connectivity index (χ1) is 9.31. The maximum absolute atomic E-state index is 4.35. The van der Waals surface area contributed by atoms with E-state index in [0.29, 0.717) is 0 Å².